The highest BCUT2D eigenvalue weighted by molar-refractivity contribution is 7.89. The number of likely N-dealkylation sites (N-methyl/N-ethyl adjacent to an activating group) is 1. The largest absolute Gasteiger partial charge is 0.398 e. The highest BCUT2D eigenvalue weighted by atomic mass is 32.2. The normalized spacial score (nSPS) is 18.3. The average Bonchev–Trinajstić information content (AvgIpc) is 2.64. The molecule has 21 heavy (non-hydrogen) atoms. The van der Waals surface area contributed by atoms with Crippen molar-refractivity contribution >= 4 is 21.4 Å². The van der Waals surface area contributed by atoms with E-state index in [2.05, 4.69) is 0 Å². The smallest absolute Gasteiger partial charge is 0.270 e. The van der Waals surface area contributed by atoms with Gasteiger partial charge in [-0.2, -0.15) is 4.31 Å². The number of hydrogen-bond acceptors (Lipinski definition) is 6. The van der Waals surface area contributed by atoms with Gasteiger partial charge in [0.1, 0.15) is 4.90 Å². The maximum atomic E-state index is 12.6. The van der Waals surface area contributed by atoms with Crippen LogP contribution in [0.1, 0.15) is 6.42 Å². The van der Waals surface area contributed by atoms with Gasteiger partial charge in [-0.15, -0.1) is 0 Å². The summed E-state index contributed by atoms with van der Waals surface area (Å²) in [6.45, 7) is 2.17. The van der Waals surface area contributed by atoms with Crippen LogP contribution in [0.2, 0.25) is 0 Å². The van der Waals surface area contributed by atoms with Gasteiger partial charge in [-0.05, 0) is 26.1 Å². The maximum Gasteiger partial charge on any atom is 0.270 e. The average molecular weight is 314 g/mol. The van der Waals surface area contributed by atoms with Crippen molar-refractivity contribution in [2.45, 2.75) is 11.3 Å². The van der Waals surface area contributed by atoms with Crippen molar-refractivity contribution in [3.05, 3.63) is 28.3 Å². The lowest BCUT2D eigenvalue weighted by Gasteiger charge is -2.20. The van der Waals surface area contributed by atoms with Crippen molar-refractivity contribution in [3.8, 4) is 0 Å². The first-order valence-electron chi connectivity index (χ1n) is 6.55. The van der Waals surface area contributed by atoms with Crippen LogP contribution in [0.4, 0.5) is 11.4 Å². The van der Waals surface area contributed by atoms with E-state index < -0.39 is 14.9 Å². The Morgan fingerprint density at radius 1 is 1.24 bits per heavy atom. The molecule has 2 rings (SSSR count). The van der Waals surface area contributed by atoms with E-state index in [1.54, 1.807) is 0 Å². The lowest BCUT2D eigenvalue weighted by Crippen LogP contribution is -2.34. The molecule has 0 amide bonds. The Balaban J connectivity index is 2.39. The van der Waals surface area contributed by atoms with Crippen LogP contribution in [-0.4, -0.2) is 55.8 Å². The van der Waals surface area contributed by atoms with Crippen LogP contribution in [0.5, 0.6) is 0 Å². The molecule has 1 aromatic carbocycles. The topological polar surface area (TPSA) is 110 Å². The van der Waals surface area contributed by atoms with Gasteiger partial charge in [0.25, 0.3) is 5.69 Å². The summed E-state index contributed by atoms with van der Waals surface area (Å²) in [6.07, 6.45) is 0.713. The number of benzene rings is 1. The second-order valence-electron chi connectivity index (χ2n) is 5.04. The second-order valence-corrected chi connectivity index (χ2v) is 6.95. The third kappa shape index (κ3) is 3.31. The number of rotatable bonds is 3. The highest BCUT2D eigenvalue weighted by Crippen LogP contribution is 2.27. The van der Waals surface area contributed by atoms with Gasteiger partial charge in [0.2, 0.25) is 10.0 Å². The molecule has 1 saturated heterocycles. The number of anilines is 1. The van der Waals surface area contributed by atoms with E-state index in [0.717, 1.165) is 12.6 Å². The van der Waals surface area contributed by atoms with E-state index in [0.29, 0.717) is 26.1 Å². The Hall–Kier alpha value is -1.71. The Morgan fingerprint density at radius 3 is 2.62 bits per heavy atom. The van der Waals surface area contributed by atoms with Crippen molar-refractivity contribution in [1.29, 1.82) is 0 Å². The first kappa shape index (κ1) is 15.7. The number of nitro groups is 1. The second kappa shape index (κ2) is 5.96. The van der Waals surface area contributed by atoms with Gasteiger partial charge in [0.05, 0.1) is 10.6 Å². The lowest BCUT2D eigenvalue weighted by atomic mass is 10.3. The molecular formula is C12H18N4O4S. The van der Waals surface area contributed by atoms with Crippen LogP contribution in [0.3, 0.4) is 0 Å². The first-order chi connectivity index (χ1) is 9.82. The van der Waals surface area contributed by atoms with Gasteiger partial charge in [-0.3, -0.25) is 10.1 Å². The van der Waals surface area contributed by atoms with Crippen LogP contribution in [0, 0.1) is 10.1 Å². The summed E-state index contributed by atoms with van der Waals surface area (Å²) in [7, 11) is -1.89. The Morgan fingerprint density at radius 2 is 1.95 bits per heavy atom. The standard InChI is InChI=1S/C12H18N4O4S/c1-14-5-2-6-15(8-7-14)21(19,20)12-9-10(16(17)18)3-4-11(12)13/h3-4,9H,2,5-8,13H2,1H3. The van der Waals surface area contributed by atoms with Crippen LogP contribution < -0.4 is 5.73 Å². The van der Waals surface area contributed by atoms with Crippen LogP contribution in [0.25, 0.3) is 0 Å². The third-order valence-electron chi connectivity index (χ3n) is 3.50. The Bertz CT molecular complexity index is 647. The predicted octanol–water partition coefficient (Wildman–Crippen LogP) is 0.503. The fourth-order valence-corrected chi connectivity index (χ4v) is 3.87. The van der Waals surface area contributed by atoms with Gasteiger partial charge in [-0.1, -0.05) is 0 Å². The molecule has 2 N–H and O–H groups in total. The molecule has 0 radical (unpaired) electrons. The van der Waals surface area contributed by atoms with Crippen molar-refractivity contribution in [1.82, 2.24) is 9.21 Å². The van der Waals surface area contributed by atoms with Gasteiger partial charge < -0.3 is 10.6 Å². The summed E-state index contributed by atoms with van der Waals surface area (Å²) in [5, 5.41) is 10.8. The van der Waals surface area contributed by atoms with Crippen LogP contribution >= 0.6 is 0 Å². The minimum atomic E-state index is -3.82. The summed E-state index contributed by atoms with van der Waals surface area (Å²) in [5.41, 5.74) is 5.45. The van der Waals surface area contributed by atoms with Crippen molar-refractivity contribution < 1.29 is 13.3 Å². The zero-order valence-electron chi connectivity index (χ0n) is 11.7. The number of nitro benzene ring substituents is 1. The number of sulfonamides is 1. The van der Waals surface area contributed by atoms with Gasteiger partial charge in [0.15, 0.2) is 0 Å². The fraction of sp³-hybridized carbons (Fsp3) is 0.500. The number of nitrogens with zero attached hydrogens (tertiary/aromatic N) is 3. The molecule has 1 fully saturated rings. The van der Waals surface area contributed by atoms with E-state index in [1.807, 2.05) is 11.9 Å². The number of nitrogens with two attached hydrogens (primary N) is 1. The molecule has 9 heteroatoms. The molecule has 1 aliphatic heterocycles. The van der Waals surface area contributed by atoms with Gasteiger partial charge in [-0.25, -0.2) is 8.42 Å². The quantitative estimate of drug-likeness (QED) is 0.494. The highest BCUT2D eigenvalue weighted by Gasteiger charge is 2.29. The first-order valence-corrected chi connectivity index (χ1v) is 7.99. The van der Waals surface area contributed by atoms with Crippen LogP contribution in [0.15, 0.2) is 23.1 Å². The number of hydrogen-bond donors (Lipinski definition) is 1. The van der Waals surface area contributed by atoms with Gasteiger partial charge >= 0.3 is 0 Å². The zero-order valence-corrected chi connectivity index (χ0v) is 12.5. The molecule has 0 aliphatic carbocycles. The van der Waals surface area contributed by atoms with E-state index in [-0.39, 0.29) is 16.3 Å². The molecule has 0 spiro atoms. The molecule has 1 aliphatic rings. The summed E-state index contributed by atoms with van der Waals surface area (Å²) >= 11 is 0. The van der Waals surface area contributed by atoms with Gasteiger partial charge in [0, 0.05) is 31.8 Å². The lowest BCUT2D eigenvalue weighted by molar-refractivity contribution is -0.385. The molecule has 0 atom stereocenters. The number of nitrogen functional groups attached to an aromatic ring is 1. The molecule has 1 heterocycles. The van der Waals surface area contributed by atoms with Crippen molar-refractivity contribution in [2.75, 3.05) is 39.0 Å². The Kier molecular flexibility index (Phi) is 4.45. The van der Waals surface area contributed by atoms with E-state index in [1.165, 1.54) is 16.4 Å². The van der Waals surface area contributed by atoms with Crippen molar-refractivity contribution in [3.63, 3.8) is 0 Å². The minimum absolute atomic E-state index is 0.0261. The van der Waals surface area contributed by atoms with E-state index >= 15 is 0 Å². The van der Waals surface area contributed by atoms with E-state index in [9.17, 15) is 18.5 Å². The molecule has 8 nitrogen and oxygen atoms in total. The molecule has 1 aromatic rings. The molecule has 0 saturated carbocycles. The molecule has 0 unspecified atom stereocenters. The van der Waals surface area contributed by atoms with Crippen LogP contribution in [-0.2, 0) is 10.0 Å². The summed E-state index contributed by atoms with van der Waals surface area (Å²) < 4.78 is 26.6. The monoisotopic (exact) mass is 314 g/mol. The number of non-ortho nitro benzene ring substituents is 1. The fourth-order valence-electron chi connectivity index (χ4n) is 2.26. The molecule has 0 bridgehead atoms. The summed E-state index contributed by atoms with van der Waals surface area (Å²) in [6, 6.07) is 3.48. The molecule has 116 valence electrons. The molecule has 0 aromatic heterocycles. The SMILES string of the molecule is CN1CCCN(S(=O)(=O)c2cc([N+](=O)[O-])ccc2N)CC1. The minimum Gasteiger partial charge on any atom is -0.398 e. The van der Waals surface area contributed by atoms with E-state index in [4.69, 9.17) is 5.73 Å². The Labute approximate surface area is 123 Å². The summed E-state index contributed by atoms with van der Waals surface area (Å²) in [5.74, 6) is 0. The summed E-state index contributed by atoms with van der Waals surface area (Å²) in [4.78, 5) is 12.0. The molecular weight excluding hydrogens is 296 g/mol. The maximum absolute atomic E-state index is 12.6. The third-order valence-corrected chi connectivity index (χ3v) is 5.46. The zero-order chi connectivity index (χ0) is 15.6. The van der Waals surface area contributed by atoms with Crippen molar-refractivity contribution in [2.24, 2.45) is 0 Å². The predicted molar refractivity (Wildman–Crippen MR) is 78.4 cm³/mol.